The summed E-state index contributed by atoms with van der Waals surface area (Å²) in [5, 5.41) is 5.27. The molecular weight excluding hydrogens is 240 g/mol. The van der Waals surface area contributed by atoms with Crippen molar-refractivity contribution >= 4 is 27.3 Å². The van der Waals surface area contributed by atoms with Gasteiger partial charge in [0.15, 0.2) is 0 Å². The number of thiophene rings is 1. The number of aromatic amines is 2. The van der Waals surface area contributed by atoms with Crippen molar-refractivity contribution in [1.82, 2.24) is 10.2 Å². The molecule has 0 radical (unpaired) electrons. The van der Waals surface area contributed by atoms with Crippen molar-refractivity contribution in [2.24, 2.45) is 0 Å². The molecule has 0 aliphatic carbocycles. The first-order valence-corrected chi connectivity index (χ1v) is 4.90. The molecule has 2 N–H and O–H groups in total. The number of H-pyrrole nitrogens is 2. The molecule has 5 heteroatoms. The fraction of sp³-hybridized carbons (Fsp3) is 0. The molecule has 0 aliphatic rings. The molecule has 0 spiro atoms. The Morgan fingerprint density at radius 3 is 2.67 bits per heavy atom. The largest absolute Gasteiger partial charge is 0.297 e. The van der Waals surface area contributed by atoms with E-state index in [-0.39, 0.29) is 5.56 Å². The van der Waals surface area contributed by atoms with E-state index in [9.17, 15) is 4.79 Å². The van der Waals surface area contributed by atoms with Gasteiger partial charge >= 0.3 is 0 Å². The minimum atomic E-state index is -0.102. The molecule has 0 aliphatic heterocycles. The van der Waals surface area contributed by atoms with Crippen LogP contribution in [0.25, 0.3) is 10.6 Å². The second kappa shape index (κ2) is 2.91. The van der Waals surface area contributed by atoms with Crippen LogP contribution in [-0.4, -0.2) is 10.2 Å². The van der Waals surface area contributed by atoms with E-state index in [4.69, 9.17) is 0 Å². The van der Waals surface area contributed by atoms with Crippen LogP contribution in [0.2, 0.25) is 0 Å². The minimum absolute atomic E-state index is 0.102. The highest BCUT2D eigenvalue weighted by atomic mass is 79.9. The minimum Gasteiger partial charge on any atom is -0.297 e. The topological polar surface area (TPSA) is 48.6 Å². The quantitative estimate of drug-likeness (QED) is 0.794. The molecule has 0 unspecified atom stereocenters. The van der Waals surface area contributed by atoms with Crippen LogP contribution < -0.4 is 5.56 Å². The summed E-state index contributed by atoms with van der Waals surface area (Å²) < 4.78 is 1.06. The first-order valence-electron chi connectivity index (χ1n) is 3.29. The number of hydrogen-bond acceptors (Lipinski definition) is 2. The Kier molecular flexibility index (Phi) is 1.90. The molecule has 2 aromatic rings. The average molecular weight is 245 g/mol. The third kappa shape index (κ3) is 1.37. The Balaban J connectivity index is 2.50. The summed E-state index contributed by atoms with van der Waals surface area (Å²) in [6.07, 6.45) is 0. The van der Waals surface area contributed by atoms with Crippen LogP contribution in [0.5, 0.6) is 0 Å². The van der Waals surface area contributed by atoms with Gasteiger partial charge < -0.3 is 0 Å². The first kappa shape index (κ1) is 7.82. The first-order chi connectivity index (χ1) is 5.75. The van der Waals surface area contributed by atoms with E-state index in [0.29, 0.717) is 0 Å². The van der Waals surface area contributed by atoms with Gasteiger partial charge in [-0.15, -0.1) is 11.3 Å². The molecule has 0 aromatic carbocycles. The maximum absolute atomic E-state index is 10.8. The van der Waals surface area contributed by atoms with Crippen molar-refractivity contribution in [2.75, 3.05) is 0 Å². The second-order valence-electron chi connectivity index (χ2n) is 2.28. The van der Waals surface area contributed by atoms with Crippen LogP contribution in [0.1, 0.15) is 0 Å². The van der Waals surface area contributed by atoms with Crippen molar-refractivity contribution in [3.05, 3.63) is 32.3 Å². The van der Waals surface area contributed by atoms with Crippen molar-refractivity contribution in [3.63, 3.8) is 0 Å². The molecule has 0 atom stereocenters. The van der Waals surface area contributed by atoms with Gasteiger partial charge in [0.05, 0.1) is 14.4 Å². The van der Waals surface area contributed by atoms with Crippen molar-refractivity contribution in [3.8, 4) is 10.6 Å². The van der Waals surface area contributed by atoms with Crippen molar-refractivity contribution in [1.29, 1.82) is 0 Å². The Morgan fingerprint density at radius 2 is 2.17 bits per heavy atom. The second-order valence-corrected chi connectivity index (χ2v) is 4.74. The smallest absolute Gasteiger partial charge is 0.264 e. The van der Waals surface area contributed by atoms with Crippen molar-refractivity contribution < 1.29 is 0 Å². The van der Waals surface area contributed by atoms with E-state index in [1.807, 2.05) is 12.1 Å². The zero-order valence-corrected chi connectivity index (χ0v) is 8.33. The standard InChI is InChI=1S/C7H5BrN2OS/c8-6-2-1-5(12-6)4-3-7(11)10-9-4/h1-3H,(H2,9,10,11). The molecule has 0 fully saturated rings. The monoisotopic (exact) mass is 244 g/mol. The van der Waals surface area contributed by atoms with Crippen LogP contribution in [0.15, 0.2) is 26.8 Å². The van der Waals surface area contributed by atoms with Gasteiger partial charge in [0.1, 0.15) is 0 Å². The highest BCUT2D eigenvalue weighted by molar-refractivity contribution is 9.11. The van der Waals surface area contributed by atoms with Gasteiger partial charge in [-0.1, -0.05) is 0 Å². The Hall–Kier alpha value is -0.810. The molecule has 0 bridgehead atoms. The molecule has 2 rings (SSSR count). The summed E-state index contributed by atoms with van der Waals surface area (Å²) in [6, 6.07) is 5.44. The van der Waals surface area contributed by atoms with Gasteiger partial charge in [-0.05, 0) is 28.1 Å². The summed E-state index contributed by atoms with van der Waals surface area (Å²) in [4.78, 5) is 11.8. The third-order valence-electron chi connectivity index (χ3n) is 1.43. The van der Waals surface area contributed by atoms with Crippen LogP contribution >= 0.6 is 27.3 Å². The van der Waals surface area contributed by atoms with Gasteiger partial charge in [0, 0.05) is 6.07 Å². The van der Waals surface area contributed by atoms with E-state index in [0.717, 1.165) is 14.4 Å². The average Bonchev–Trinajstić information content (AvgIpc) is 2.58. The highest BCUT2D eigenvalue weighted by Crippen LogP contribution is 2.28. The predicted octanol–water partition coefficient (Wildman–Crippen LogP) is 2.19. The van der Waals surface area contributed by atoms with E-state index in [2.05, 4.69) is 26.1 Å². The highest BCUT2D eigenvalue weighted by Gasteiger charge is 2.02. The lowest BCUT2D eigenvalue weighted by Crippen LogP contribution is -1.93. The number of hydrogen-bond donors (Lipinski definition) is 2. The Labute approximate surface area is 80.6 Å². The molecule has 2 aromatic heterocycles. The maximum Gasteiger partial charge on any atom is 0.264 e. The van der Waals surface area contributed by atoms with Gasteiger partial charge in [0.2, 0.25) is 0 Å². The molecule has 12 heavy (non-hydrogen) atoms. The summed E-state index contributed by atoms with van der Waals surface area (Å²) in [6.45, 7) is 0. The third-order valence-corrected chi connectivity index (χ3v) is 3.09. The zero-order valence-electron chi connectivity index (χ0n) is 5.93. The fourth-order valence-corrected chi connectivity index (χ4v) is 2.28. The summed E-state index contributed by atoms with van der Waals surface area (Å²) >= 11 is 4.93. The lowest BCUT2D eigenvalue weighted by molar-refractivity contribution is 1.06. The van der Waals surface area contributed by atoms with E-state index < -0.39 is 0 Å². The number of halogens is 1. The lowest BCUT2D eigenvalue weighted by Gasteiger charge is -1.86. The summed E-state index contributed by atoms with van der Waals surface area (Å²) in [5.74, 6) is 0. The molecule has 0 saturated heterocycles. The van der Waals surface area contributed by atoms with Gasteiger partial charge in [-0.3, -0.25) is 15.0 Å². The molecule has 0 saturated carbocycles. The van der Waals surface area contributed by atoms with Gasteiger partial charge in [0.25, 0.3) is 5.56 Å². The maximum atomic E-state index is 10.8. The molecule has 62 valence electrons. The molecular formula is C7H5BrN2OS. The van der Waals surface area contributed by atoms with Gasteiger partial charge in [-0.2, -0.15) is 0 Å². The van der Waals surface area contributed by atoms with E-state index in [1.165, 1.54) is 6.07 Å². The molecule has 0 amide bonds. The summed E-state index contributed by atoms with van der Waals surface area (Å²) in [5.41, 5.74) is 0.727. The zero-order chi connectivity index (χ0) is 8.55. The van der Waals surface area contributed by atoms with Crippen LogP contribution in [0, 0.1) is 0 Å². The van der Waals surface area contributed by atoms with Crippen LogP contribution in [-0.2, 0) is 0 Å². The molecule has 2 heterocycles. The number of nitrogens with one attached hydrogen (secondary N) is 2. The Bertz CT molecular complexity index is 442. The number of aromatic nitrogens is 2. The predicted molar refractivity (Wildman–Crippen MR) is 52.4 cm³/mol. The van der Waals surface area contributed by atoms with Gasteiger partial charge in [-0.25, -0.2) is 0 Å². The van der Waals surface area contributed by atoms with Crippen LogP contribution in [0.4, 0.5) is 0 Å². The normalized spacial score (nSPS) is 10.4. The van der Waals surface area contributed by atoms with E-state index >= 15 is 0 Å². The molecule has 3 nitrogen and oxygen atoms in total. The van der Waals surface area contributed by atoms with E-state index in [1.54, 1.807) is 11.3 Å². The lowest BCUT2D eigenvalue weighted by atomic mass is 10.3. The Morgan fingerprint density at radius 1 is 1.33 bits per heavy atom. The summed E-state index contributed by atoms with van der Waals surface area (Å²) in [7, 11) is 0. The number of rotatable bonds is 1. The fourth-order valence-electron chi connectivity index (χ4n) is 0.924. The SMILES string of the molecule is O=c1cc(-c2ccc(Br)s2)[nH][nH]1. The van der Waals surface area contributed by atoms with Crippen LogP contribution in [0.3, 0.4) is 0 Å². The van der Waals surface area contributed by atoms with Crippen molar-refractivity contribution in [2.45, 2.75) is 0 Å².